The van der Waals surface area contributed by atoms with Crippen molar-refractivity contribution in [3.63, 3.8) is 0 Å². The zero-order valence-corrected chi connectivity index (χ0v) is 33.1. The number of methoxy groups -OCH3 is 2. The molecule has 3 heterocycles. The van der Waals surface area contributed by atoms with Crippen LogP contribution in [0.25, 0.3) is 33.2 Å². The van der Waals surface area contributed by atoms with Crippen LogP contribution >= 0.6 is 23.2 Å². The van der Waals surface area contributed by atoms with Crippen LogP contribution in [-0.4, -0.2) is 76.5 Å². The quantitative estimate of drug-likeness (QED) is 0.103. The molecule has 1 saturated carbocycles. The van der Waals surface area contributed by atoms with Crippen molar-refractivity contribution in [2.45, 2.75) is 70.2 Å². The van der Waals surface area contributed by atoms with Gasteiger partial charge < -0.3 is 25.2 Å². The number of ether oxygens (including phenoxy) is 2. The van der Waals surface area contributed by atoms with Crippen LogP contribution in [0.1, 0.15) is 55.3 Å². The number of benzene rings is 3. The summed E-state index contributed by atoms with van der Waals surface area (Å²) in [5, 5.41) is 22.1. The minimum atomic E-state index is -0.714. The third kappa shape index (κ3) is 8.34. The smallest absolute Gasteiger partial charge is 0.306 e. The van der Waals surface area contributed by atoms with E-state index in [4.69, 9.17) is 42.8 Å². The molecule has 1 atom stereocenters. The van der Waals surface area contributed by atoms with E-state index in [2.05, 4.69) is 15.5 Å². The number of fused-ring (bicyclic) bond motifs is 1. The van der Waals surface area contributed by atoms with E-state index in [0.717, 1.165) is 46.9 Å². The van der Waals surface area contributed by atoms with Crippen molar-refractivity contribution in [1.82, 2.24) is 30.3 Å². The molecule has 7 rings (SSSR count). The number of hydrogen-bond donors (Lipinski definition) is 3. The van der Waals surface area contributed by atoms with Crippen LogP contribution in [0.4, 0.5) is 4.39 Å². The van der Waals surface area contributed by atoms with Gasteiger partial charge in [0.15, 0.2) is 0 Å². The number of nitrogens with one attached hydrogen (secondary N) is 2. The Kier molecular flexibility index (Phi) is 12.1. The highest BCUT2D eigenvalue weighted by atomic mass is 35.5. The van der Waals surface area contributed by atoms with Crippen LogP contribution in [0, 0.1) is 11.7 Å². The van der Waals surface area contributed by atoms with E-state index < -0.39 is 11.8 Å². The highest BCUT2D eigenvalue weighted by Gasteiger charge is 2.29. The molecule has 2 aliphatic rings. The van der Waals surface area contributed by atoms with Crippen molar-refractivity contribution in [3.05, 3.63) is 93.5 Å². The molecule has 2 fully saturated rings. The molecule has 0 unspecified atom stereocenters. The summed E-state index contributed by atoms with van der Waals surface area (Å²) in [5.74, 6) is -0.488. The maximum absolute atomic E-state index is 15.7. The fourth-order valence-electron chi connectivity index (χ4n) is 8.00. The number of carboxylic acid groups (broad SMARTS) is 1. The molecule has 3 aromatic carbocycles. The van der Waals surface area contributed by atoms with Crippen molar-refractivity contribution in [1.29, 1.82) is 0 Å². The van der Waals surface area contributed by atoms with E-state index >= 15 is 4.39 Å². The Morgan fingerprint density at radius 2 is 1.79 bits per heavy atom. The summed E-state index contributed by atoms with van der Waals surface area (Å²) in [4.78, 5) is 30.0. The molecule has 1 saturated heterocycles. The average molecular weight is 804 g/mol. The molecule has 56 heavy (non-hydrogen) atoms. The van der Waals surface area contributed by atoms with Gasteiger partial charge in [-0.3, -0.25) is 19.2 Å². The van der Waals surface area contributed by atoms with Gasteiger partial charge >= 0.3 is 5.97 Å². The first-order chi connectivity index (χ1) is 27.0. The Labute approximate surface area is 335 Å². The van der Waals surface area contributed by atoms with Gasteiger partial charge in [-0.25, -0.2) is 9.37 Å². The number of carboxylic acids is 1. The van der Waals surface area contributed by atoms with E-state index in [1.54, 1.807) is 19.4 Å². The maximum atomic E-state index is 15.7. The van der Waals surface area contributed by atoms with Crippen molar-refractivity contribution >= 4 is 46.0 Å². The number of nitrogens with zero attached hydrogens (tertiary/aromatic N) is 4. The molecule has 0 radical (unpaired) electrons. The summed E-state index contributed by atoms with van der Waals surface area (Å²) in [6.45, 7) is 1.64. The number of halogens is 3. The first kappa shape index (κ1) is 39.5. The molecule has 3 N–H and O–H groups in total. The fraction of sp³-hybridized carbons (Fsp3) is 0.381. The lowest BCUT2D eigenvalue weighted by atomic mass is 9.85. The number of carbonyl (C=O) groups is 2. The van der Waals surface area contributed by atoms with Crippen LogP contribution in [0.15, 0.2) is 60.8 Å². The minimum absolute atomic E-state index is 0.0296. The summed E-state index contributed by atoms with van der Waals surface area (Å²) in [6.07, 6.45) is 6.04. The first-order valence-corrected chi connectivity index (χ1v) is 19.6. The molecule has 1 amide bonds. The number of carbonyl (C=O) groups excluding carboxylic acids is 1. The SMILES string of the molecule is COc1cc(-c2cccc(-c3cccc4c3cnn4Cc3nc(OC)c(CN(C)[C@H]4CC[C@H](C(=O)O)CC4)cc3Cl)c2Cl)cc(F)c1CNC[C@@H]1CCC(=O)N1. The van der Waals surface area contributed by atoms with Crippen LogP contribution in [-0.2, 0) is 29.2 Å². The zero-order chi connectivity index (χ0) is 39.5. The monoisotopic (exact) mass is 802 g/mol. The molecule has 0 spiro atoms. The summed E-state index contributed by atoms with van der Waals surface area (Å²) in [6, 6.07) is 17.0. The van der Waals surface area contributed by atoms with Gasteiger partial charge in [-0.15, -0.1) is 0 Å². The van der Waals surface area contributed by atoms with Crippen molar-refractivity contribution < 1.29 is 28.6 Å². The van der Waals surface area contributed by atoms with Crippen molar-refractivity contribution in [2.24, 2.45) is 5.92 Å². The molecule has 1 aliphatic heterocycles. The van der Waals surface area contributed by atoms with Gasteiger partial charge in [-0.2, -0.15) is 5.10 Å². The van der Waals surface area contributed by atoms with E-state index in [1.807, 2.05) is 54.2 Å². The van der Waals surface area contributed by atoms with E-state index in [1.165, 1.54) is 13.2 Å². The summed E-state index contributed by atoms with van der Waals surface area (Å²) < 4.78 is 28.9. The first-order valence-electron chi connectivity index (χ1n) is 18.8. The van der Waals surface area contributed by atoms with Gasteiger partial charge in [-0.1, -0.05) is 53.5 Å². The van der Waals surface area contributed by atoms with Gasteiger partial charge in [-0.05, 0) is 74.5 Å². The van der Waals surface area contributed by atoms with E-state index in [0.29, 0.717) is 83.0 Å². The van der Waals surface area contributed by atoms with E-state index in [9.17, 15) is 14.7 Å². The number of pyridine rings is 1. The lowest BCUT2D eigenvalue weighted by molar-refractivity contribution is -0.143. The van der Waals surface area contributed by atoms with Gasteiger partial charge in [0.05, 0.1) is 54.1 Å². The minimum Gasteiger partial charge on any atom is -0.496 e. The van der Waals surface area contributed by atoms with Gasteiger partial charge in [0.2, 0.25) is 11.8 Å². The normalized spacial score (nSPS) is 18.4. The molecule has 14 heteroatoms. The lowest BCUT2D eigenvalue weighted by Gasteiger charge is -2.33. The fourth-order valence-corrected chi connectivity index (χ4v) is 8.57. The topological polar surface area (TPSA) is 131 Å². The van der Waals surface area contributed by atoms with Crippen LogP contribution in [0.3, 0.4) is 0 Å². The predicted octanol–water partition coefficient (Wildman–Crippen LogP) is 7.72. The lowest BCUT2D eigenvalue weighted by Crippen LogP contribution is -2.36. The van der Waals surface area contributed by atoms with Gasteiger partial charge in [0, 0.05) is 65.8 Å². The van der Waals surface area contributed by atoms with Gasteiger partial charge in [0.25, 0.3) is 0 Å². The zero-order valence-electron chi connectivity index (χ0n) is 31.6. The van der Waals surface area contributed by atoms with Crippen molar-refractivity contribution in [3.8, 4) is 33.9 Å². The largest absolute Gasteiger partial charge is 0.496 e. The Morgan fingerprint density at radius 1 is 1.04 bits per heavy atom. The van der Waals surface area contributed by atoms with Crippen LogP contribution in [0.5, 0.6) is 11.6 Å². The highest BCUT2D eigenvalue weighted by Crippen LogP contribution is 2.41. The third-order valence-electron chi connectivity index (χ3n) is 11.1. The second kappa shape index (κ2) is 17.2. The second-order valence-corrected chi connectivity index (χ2v) is 15.4. The standard InChI is InChI=1S/C42H45Cl2FN6O5/c1-50(28-13-10-24(11-14-28)42(53)54)22-26-16-34(43)36(49-41(26)56-3)23-51-37-9-5-7-30(32(37)21-47-51)31-8-4-6-29(40(31)44)25-17-35(45)33(38(18-25)55-2)20-46-19-27-12-15-39(52)48-27/h4-9,16-18,21,24,27-28,46H,10-15,19-20,22-23H2,1-3H3,(H,48,52)(H,53,54)/t24-,27-,28-/m0/s1. The number of hydrogen-bond acceptors (Lipinski definition) is 8. The Morgan fingerprint density at radius 3 is 2.50 bits per heavy atom. The Hall–Kier alpha value is -4.75. The van der Waals surface area contributed by atoms with Gasteiger partial charge in [0.1, 0.15) is 11.6 Å². The Balaban J connectivity index is 1.10. The molecule has 0 bridgehead atoms. The molecule has 5 aromatic rings. The Bertz CT molecular complexity index is 2260. The van der Waals surface area contributed by atoms with Crippen LogP contribution < -0.4 is 20.1 Å². The summed E-state index contributed by atoms with van der Waals surface area (Å²) in [7, 11) is 5.14. The predicted molar refractivity (Wildman–Crippen MR) is 215 cm³/mol. The van der Waals surface area contributed by atoms with Crippen LogP contribution in [0.2, 0.25) is 10.0 Å². The number of amides is 1. The molecule has 1 aliphatic carbocycles. The summed E-state index contributed by atoms with van der Waals surface area (Å²) >= 11 is 14.0. The van der Waals surface area contributed by atoms with E-state index in [-0.39, 0.29) is 30.5 Å². The molecule has 294 valence electrons. The number of rotatable bonds is 14. The number of aliphatic carboxylic acids is 1. The molecular weight excluding hydrogens is 758 g/mol. The summed E-state index contributed by atoms with van der Waals surface area (Å²) in [5.41, 5.74) is 5.56. The third-order valence-corrected chi connectivity index (χ3v) is 11.8. The second-order valence-electron chi connectivity index (χ2n) is 14.6. The maximum Gasteiger partial charge on any atom is 0.306 e. The average Bonchev–Trinajstić information content (AvgIpc) is 3.81. The van der Waals surface area contributed by atoms with Crippen molar-refractivity contribution in [2.75, 3.05) is 27.8 Å². The number of aromatic nitrogens is 3. The molecule has 2 aromatic heterocycles. The molecular formula is C42H45Cl2FN6O5. The molecule has 11 nitrogen and oxygen atoms in total. The highest BCUT2D eigenvalue weighted by molar-refractivity contribution is 6.36.